The maximum Gasteiger partial charge on any atom is 0.192 e. The van der Waals surface area contributed by atoms with E-state index >= 15 is 0 Å². The summed E-state index contributed by atoms with van der Waals surface area (Å²) < 4.78 is 13.5. The fraction of sp³-hybridized carbons (Fsp3) is 0.231. The second-order valence-corrected chi connectivity index (χ2v) is 4.96. The molecule has 2 rings (SSSR count). The number of halogens is 1. The summed E-state index contributed by atoms with van der Waals surface area (Å²) in [5.74, 6) is -0.316. The van der Waals surface area contributed by atoms with E-state index in [2.05, 4.69) is 9.97 Å². The van der Waals surface area contributed by atoms with Crippen LogP contribution >= 0.6 is 11.8 Å². The maximum atomic E-state index is 13.5. The Labute approximate surface area is 109 Å². The summed E-state index contributed by atoms with van der Waals surface area (Å²) in [5, 5.41) is 10.3. The van der Waals surface area contributed by atoms with Crippen LogP contribution in [0.15, 0.2) is 40.6 Å². The first-order valence-electron chi connectivity index (χ1n) is 5.51. The Morgan fingerprint density at radius 1 is 1.28 bits per heavy atom. The van der Waals surface area contributed by atoms with Crippen LogP contribution in [-0.4, -0.2) is 15.1 Å². The molecule has 0 radical (unpaired) electrons. The number of aliphatic hydroxyl groups excluding tert-OH is 1. The molecule has 0 unspecified atom stereocenters. The van der Waals surface area contributed by atoms with Gasteiger partial charge in [-0.2, -0.15) is 0 Å². The Hall–Kier alpha value is -1.46. The van der Waals surface area contributed by atoms with Crippen LogP contribution in [-0.2, 0) is 0 Å². The fourth-order valence-electron chi connectivity index (χ4n) is 1.52. The highest BCUT2D eigenvalue weighted by atomic mass is 32.2. The third-order valence-electron chi connectivity index (χ3n) is 2.48. The number of hydrogen-bond acceptors (Lipinski definition) is 4. The Balaban J connectivity index is 2.40. The van der Waals surface area contributed by atoms with Crippen LogP contribution in [0.5, 0.6) is 0 Å². The van der Waals surface area contributed by atoms with Gasteiger partial charge in [-0.15, -0.1) is 0 Å². The molecule has 0 aliphatic rings. The van der Waals surface area contributed by atoms with Crippen LogP contribution in [0.4, 0.5) is 4.39 Å². The zero-order valence-electron chi connectivity index (χ0n) is 10.1. The smallest absolute Gasteiger partial charge is 0.192 e. The molecule has 1 N–H and O–H groups in total. The summed E-state index contributed by atoms with van der Waals surface area (Å²) in [7, 11) is 0. The summed E-state index contributed by atoms with van der Waals surface area (Å²) in [6, 6.07) is 4.80. The van der Waals surface area contributed by atoms with Gasteiger partial charge in [0.15, 0.2) is 5.16 Å². The molecule has 0 aliphatic heterocycles. The van der Waals surface area contributed by atoms with Gasteiger partial charge >= 0.3 is 0 Å². The lowest BCUT2D eigenvalue weighted by Crippen LogP contribution is -1.98. The molecule has 2 aromatic rings. The minimum atomic E-state index is -0.730. The number of rotatable bonds is 3. The van der Waals surface area contributed by atoms with Crippen molar-refractivity contribution >= 4 is 11.8 Å². The fourth-order valence-corrected chi connectivity index (χ4v) is 2.53. The molecular weight excluding hydrogens is 251 g/mol. The zero-order valence-corrected chi connectivity index (χ0v) is 10.9. The summed E-state index contributed by atoms with van der Waals surface area (Å²) in [4.78, 5) is 8.98. The van der Waals surface area contributed by atoms with Crippen LogP contribution in [0.3, 0.4) is 0 Å². The van der Waals surface area contributed by atoms with Crippen LogP contribution in [0.1, 0.15) is 24.2 Å². The predicted molar refractivity (Wildman–Crippen MR) is 67.9 cm³/mol. The molecule has 1 aromatic carbocycles. The molecule has 0 saturated carbocycles. The highest BCUT2D eigenvalue weighted by Gasteiger charge is 2.13. The van der Waals surface area contributed by atoms with Gasteiger partial charge in [0.1, 0.15) is 5.82 Å². The second kappa shape index (κ2) is 5.46. The number of benzene rings is 1. The highest BCUT2D eigenvalue weighted by Crippen LogP contribution is 2.33. The van der Waals surface area contributed by atoms with E-state index < -0.39 is 6.10 Å². The minimum absolute atomic E-state index is 0.316. The van der Waals surface area contributed by atoms with Crippen molar-refractivity contribution in [3.05, 3.63) is 47.5 Å². The van der Waals surface area contributed by atoms with Gasteiger partial charge < -0.3 is 5.11 Å². The van der Waals surface area contributed by atoms with E-state index in [0.29, 0.717) is 16.3 Å². The average molecular weight is 264 g/mol. The standard InChI is InChI=1S/C13H13FN2OS/c1-8-6-12(10(9(2)17)7-11(8)14)18-13-15-4-3-5-16-13/h3-7,9,17H,1-2H3/t9-/m1/s1. The van der Waals surface area contributed by atoms with Crippen molar-refractivity contribution in [1.29, 1.82) is 0 Å². The third kappa shape index (κ3) is 2.86. The quantitative estimate of drug-likeness (QED) is 0.865. The lowest BCUT2D eigenvalue weighted by molar-refractivity contribution is 0.196. The molecular formula is C13H13FN2OS. The Kier molecular flexibility index (Phi) is 3.93. The Bertz CT molecular complexity index is 546. The molecule has 0 amide bonds. The molecule has 0 fully saturated rings. The van der Waals surface area contributed by atoms with Gasteiger partial charge in [0.05, 0.1) is 6.10 Å². The van der Waals surface area contributed by atoms with Crippen LogP contribution < -0.4 is 0 Å². The van der Waals surface area contributed by atoms with E-state index in [1.807, 2.05) is 0 Å². The van der Waals surface area contributed by atoms with E-state index in [4.69, 9.17) is 0 Å². The van der Waals surface area contributed by atoms with E-state index in [9.17, 15) is 9.50 Å². The largest absolute Gasteiger partial charge is 0.389 e. The van der Waals surface area contributed by atoms with E-state index in [1.54, 1.807) is 38.4 Å². The van der Waals surface area contributed by atoms with Crippen molar-refractivity contribution in [1.82, 2.24) is 9.97 Å². The summed E-state index contributed by atoms with van der Waals surface area (Å²) >= 11 is 1.32. The van der Waals surface area contributed by atoms with Crippen LogP contribution in [0.25, 0.3) is 0 Å². The molecule has 94 valence electrons. The van der Waals surface area contributed by atoms with Gasteiger partial charge in [0.2, 0.25) is 0 Å². The summed E-state index contributed by atoms with van der Waals surface area (Å²) in [5.41, 5.74) is 1.09. The maximum absolute atomic E-state index is 13.5. The molecule has 0 aliphatic carbocycles. The number of hydrogen-bond donors (Lipinski definition) is 1. The van der Waals surface area contributed by atoms with Crippen molar-refractivity contribution in [3.63, 3.8) is 0 Å². The van der Waals surface area contributed by atoms with Crippen molar-refractivity contribution in [2.75, 3.05) is 0 Å². The Morgan fingerprint density at radius 2 is 1.94 bits per heavy atom. The average Bonchev–Trinajstić information content (AvgIpc) is 2.34. The Morgan fingerprint density at radius 3 is 2.56 bits per heavy atom. The molecule has 5 heteroatoms. The van der Waals surface area contributed by atoms with E-state index in [-0.39, 0.29) is 5.82 Å². The summed E-state index contributed by atoms with van der Waals surface area (Å²) in [6.45, 7) is 3.30. The predicted octanol–water partition coefficient (Wildman–Crippen LogP) is 3.13. The van der Waals surface area contributed by atoms with Gasteiger partial charge in [-0.05, 0) is 54.9 Å². The number of nitrogens with zero attached hydrogens (tertiary/aromatic N) is 2. The lowest BCUT2D eigenvalue weighted by atomic mass is 10.1. The van der Waals surface area contributed by atoms with Gasteiger partial charge in [-0.25, -0.2) is 14.4 Å². The number of aryl methyl sites for hydroxylation is 1. The minimum Gasteiger partial charge on any atom is -0.389 e. The van der Waals surface area contributed by atoms with Gasteiger partial charge in [-0.1, -0.05) is 0 Å². The SMILES string of the molecule is Cc1cc(Sc2ncccn2)c([C@@H](C)O)cc1F. The van der Waals surface area contributed by atoms with Gasteiger partial charge in [0.25, 0.3) is 0 Å². The molecule has 0 bridgehead atoms. The van der Waals surface area contributed by atoms with Gasteiger partial charge in [-0.3, -0.25) is 0 Å². The third-order valence-corrected chi connectivity index (χ3v) is 3.45. The molecule has 1 heterocycles. The normalized spacial score (nSPS) is 12.4. The highest BCUT2D eigenvalue weighted by molar-refractivity contribution is 7.99. The molecule has 0 saturated heterocycles. The first-order valence-corrected chi connectivity index (χ1v) is 6.32. The molecule has 1 aromatic heterocycles. The first-order chi connectivity index (χ1) is 8.58. The monoisotopic (exact) mass is 264 g/mol. The second-order valence-electron chi connectivity index (χ2n) is 3.95. The molecule has 18 heavy (non-hydrogen) atoms. The number of aliphatic hydroxyl groups is 1. The zero-order chi connectivity index (χ0) is 13.1. The van der Waals surface area contributed by atoms with Crippen LogP contribution in [0.2, 0.25) is 0 Å². The van der Waals surface area contributed by atoms with Crippen molar-refractivity contribution in [3.8, 4) is 0 Å². The van der Waals surface area contributed by atoms with E-state index in [1.165, 1.54) is 17.8 Å². The van der Waals surface area contributed by atoms with E-state index in [0.717, 1.165) is 4.90 Å². The van der Waals surface area contributed by atoms with Crippen LogP contribution in [0, 0.1) is 12.7 Å². The summed E-state index contributed by atoms with van der Waals surface area (Å²) in [6.07, 6.45) is 2.56. The van der Waals surface area contributed by atoms with Crippen molar-refractivity contribution in [2.24, 2.45) is 0 Å². The molecule has 0 spiro atoms. The number of aromatic nitrogens is 2. The van der Waals surface area contributed by atoms with Crippen molar-refractivity contribution < 1.29 is 9.50 Å². The van der Waals surface area contributed by atoms with Crippen molar-refractivity contribution in [2.45, 2.75) is 30.0 Å². The molecule has 3 nitrogen and oxygen atoms in total. The first kappa shape index (κ1) is 13.0. The topological polar surface area (TPSA) is 46.0 Å². The van der Waals surface area contributed by atoms with Gasteiger partial charge in [0, 0.05) is 17.3 Å². The molecule has 1 atom stereocenters. The lowest BCUT2D eigenvalue weighted by Gasteiger charge is -2.12.